The van der Waals surface area contributed by atoms with Gasteiger partial charge in [0, 0.05) is 18.0 Å². The minimum absolute atomic E-state index is 0.118. The first-order valence-electron chi connectivity index (χ1n) is 6.13. The Hall–Kier alpha value is -1.13. The molecule has 17 heavy (non-hydrogen) atoms. The van der Waals surface area contributed by atoms with E-state index in [1.807, 2.05) is 0 Å². The molecule has 0 aromatic heterocycles. The van der Waals surface area contributed by atoms with Crippen molar-refractivity contribution in [1.82, 2.24) is 5.32 Å². The van der Waals surface area contributed by atoms with E-state index in [2.05, 4.69) is 5.32 Å². The predicted octanol–water partition coefficient (Wildman–Crippen LogP) is 1.73. The van der Waals surface area contributed by atoms with Gasteiger partial charge in [0.25, 0.3) is 0 Å². The van der Waals surface area contributed by atoms with Gasteiger partial charge in [-0.1, -0.05) is 0 Å². The van der Waals surface area contributed by atoms with Gasteiger partial charge in [-0.05, 0) is 44.1 Å². The Bertz CT molecular complexity index is 429. The van der Waals surface area contributed by atoms with E-state index in [-0.39, 0.29) is 17.5 Å². The van der Waals surface area contributed by atoms with Crippen LogP contribution in [0, 0.1) is 5.82 Å². The smallest absolute Gasteiger partial charge is 0.125 e. The normalized spacial score (nSPS) is 26.4. The quantitative estimate of drug-likeness (QED) is 0.721. The Morgan fingerprint density at radius 2 is 2.12 bits per heavy atom. The number of hydrogen-bond acceptors (Lipinski definition) is 3. The Morgan fingerprint density at radius 3 is 2.88 bits per heavy atom. The molecule has 1 aromatic rings. The lowest BCUT2D eigenvalue weighted by Crippen LogP contribution is -2.50. The summed E-state index contributed by atoms with van der Waals surface area (Å²) in [6.07, 6.45) is 2.72. The Kier molecular flexibility index (Phi) is 2.56. The van der Waals surface area contributed by atoms with Gasteiger partial charge in [-0.3, -0.25) is 0 Å². The van der Waals surface area contributed by atoms with Crippen LogP contribution < -0.4 is 15.8 Å². The van der Waals surface area contributed by atoms with Crippen LogP contribution in [0.1, 0.15) is 30.9 Å². The minimum atomic E-state index is -0.246. The van der Waals surface area contributed by atoms with Crippen LogP contribution in [0.2, 0.25) is 0 Å². The summed E-state index contributed by atoms with van der Waals surface area (Å²) < 4.78 is 19.3. The van der Waals surface area contributed by atoms with E-state index in [1.54, 1.807) is 6.07 Å². The van der Waals surface area contributed by atoms with Crippen LogP contribution in [0.15, 0.2) is 18.2 Å². The largest absolute Gasteiger partial charge is 0.487 e. The number of piperidine rings is 1. The maximum absolute atomic E-state index is 13.2. The van der Waals surface area contributed by atoms with Gasteiger partial charge in [0.1, 0.15) is 17.2 Å². The molecule has 0 amide bonds. The fraction of sp³-hybridized carbons (Fsp3) is 0.538. The fourth-order valence-corrected chi connectivity index (χ4v) is 2.88. The summed E-state index contributed by atoms with van der Waals surface area (Å²) in [5.74, 6) is 0.510. The second kappa shape index (κ2) is 3.96. The third kappa shape index (κ3) is 1.91. The lowest BCUT2D eigenvalue weighted by Gasteiger charge is -2.43. The third-order valence-electron chi connectivity index (χ3n) is 3.80. The molecule has 0 aliphatic carbocycles. The first-order valence-corrected chi connectivity index (χ1v) is 6.13. The molecule has 2 aliphatic rings. The minimum Gasteiger partial charge on any atom is -0.487 e. The van der Waals surface area contributed by atoms with Crippen molar-refractivity contribution in [2.45, 2.75) is 30.9 Å². The van der Waals surface area contributed by atoms with Gasteiger partial charge in [-0.25, -0.2) is 4.39 Å². The number of halogens is 1. The van der Waals surface area contributed by atoms with Gasteiger partial charge in [0.15, 0.2) is 0 Å². The molecule has 1 saturated heterocycles. The van der Waals surface area contributed by atoms with Crippen molar-refractivity contribution in [2.24, 2.45) is 5.73 Å². The molecule has 0 radical (unpaired) electrons. The Balaban J connectivity index is 1.94. The van der Waals surface area contributed by atoms with Crippen molar-refractivity contribution >= 4 is 0 Å². The zero-order chi connectivity index (χ0) is 11.9. The van der Waals surface area contributed by atoms with Gasteiger partial charge in [-0.2, -0.15) is 0 Å². The summed E-state index contributed by atoms with van der Waals surface area (Å²) in [6, 6.07) is 4.51. The second-order valence-electron chi connectivity index (χ2n) is 5.03. The summed E-state index contributed by atoms with van der Waals surface area (Å²) in [7, 11) is 0. The van der Waals surface area contributed by atoms with Gasteiger partial charge in [-0.15, -0.1) is 0 Å². The second-order valence-corrected chi connectivity index (χ2v) is 5.03. The highest BCUT2D eigenvalue weighted by atomic mass is 19.1. The van der Waals surface area contributed by atoms with Crippen LogP contribution in [0.3, 0.4) is 0 Å². The monoisotopic (exact) mass is 236 g/mol. The summed E-state index contributed by atoms with van der Waals surface area (Å²) in [4.78, 5) is 0. The molecule has 1 atom stereocenters. The first kappa shape index (κ1) is 11.0. The highest BCUT2D eigenvalue weighted by Gasteiger charge is 2.40. The van der Waals surface area contributed by atoms with E-state index >= 15 is 0 Å². The molecule has 1 aromatic carbocycles. The zero-order valence-corrected chi connectivity index (χ0v) is 9.71. The summed E-state index contributed by atoms with van der Waals surface area (Å²) in [5.41, 5.74) is 6.81. The first-order chi connectivity index (χ1) is 8.19. The van der Waals surface area contributed by atoms with Crippen LogP contribution in [0.25, 0.3) is 0 Å². The van der Waals surface area contributed by atoms with Crippen molar-refractivity contribution < 1.29 is 9.13 Å². The average molecular weight is 236 g/mol. The summed E-state index contributed by atoms with van der Waals surface area (Å²) in [5, 5.41) is 3.32. The third-order valence-corrected chi connectivity index (χ3v) is 3.80. The number of nitrogens with one attached hydrogen (secondary N) is 1. The van der Waals surface area contributed by atoms with Crippen LogP contribution in [0.4, 0.5) is 4.39 Å². The molecule has 92 valence electrons. The molecule has 1 spiro atoms. The Morgan fingerprint density at radius 1 is 1.35 bits per heavy atom. The van der Waals surface area contributed by atoms with Gasteiger partial charge in [0.2, 0.25) is 0 Å². The zero-order valence-electron chi connectivity index (χ0n) is 9.71. The molecule has 3 nitrogen and oxygen atoms in total. The van der Waals surface area contributed by atoms with E-state index in [0.717, 1.165) is 43.7 Å². The van der Waals surface area contributed by atoms with E-state index in [1.165, 1.54) is 12.1 Å². The standard InChI is InChI=1S/C13H17FN2O/c14-9-1-2-12-10(7-9)11(15)8-13(17-12)3-5-16-6-4-13/h1-2,7,11,16H,3-6,8,15H2/t11-/m0/s1. The maximum Gasteiger partial charge on any atom is 0.125 e. The van der Waals surface area contributed by atoms with Gasteiger partial charge in [0.05, 0.1) is 0 Å². The SMILES string of the molecule is N[C@H]1CC2(CCNCC2)Oc2ccc(F)cc21. The molecule has 0 bridgehead atoms. The molecular weight excluding hydrogens is 219 g/mol. The van der Waals surface area contributed by atoms with Gasteiger partial charge < -0.3 is 15.8 Å². The fourth-order valence-electron chi connectivity index (χ4n) is 2.88. The Labute approximate surface area is 100 Å². The van der Waals surface area contributed by atoms with Crippen molar-refractivity contribution in [3.63, 3.8) is 0 Å². The molecule has 2 aliphatic heterocycles. The number of fused-ring (bicyclic) bond motifs is 1. The summed E-state index contributed by atoms with van der Waals surface area (Å²) >= 11 is 0. The number of ether oxygens (including phenoxy) is 1. The molecule has 1 fully saturated rings. The topological polar surface area (TPSA) is 47.3 Å². The van der Waals surface area contributed by atoms with Gasteiger partial charge >= 0.3 is 0 Å². The van der Waals surface area contributed by atoms with E-state index in [9.17, 15) is 4.39 Å². The molecule has 0 unspecified atom stereocenters. The molecule has 2 heterocycles. The molecule has 4 heteroatoms. The van der Waals surface area contributed by atoms with Crippen molar-refractivity contribution in [3.8, 4) is 5.75 Å². The van der Waals surface area contributed by atoms with Crippen LogP contribution >= 0.6 is 0 Å². The number of benzene rings is 1. The van der Waals surface area contributed by atoms with Crippen molar-refractivity contribution in [3.05, 3.63) is 29.6 Å². The lowest BCUT2D eigenvalue weighted by molar-refractivity contribution is 0.00776. The number of hydrogen-bond donors (Lipinski definition) is 2. The van der Waals surface area contributed by atoms with Crippen LogP contribution in [-0.2, 0) is 0 Å². The van der Waals surface area contributed by atoms with Crippen molar-refractivity contribution in [1.29, 1.82) is 0 Å². The van der Waals surface area contributed by atoms with E-state index < -0.39 is 0 Å². The average Bonchev–Trinajstić information content (AvgIpc) is 2.31. The van der Waals surface area contributed by atoms with Crippen LogP contribution in [-0.4, -0.2) is 18.7 Å². The molecular formula is C13H17FN2O. The van der Waals surface area contributed by atoms with E-state index in [4.69, 9.17) is 10.5 Å². The van der Waals surface area contributed by atoms with E-state index in [0.29, 0.717) is 0 Å². The number of nitrogens with two attached hydrogens (primary N) is 1. The number of rotatable bonds is 0. The molecule has 3 N–H and O–H groups in total. The molecule has 3 rings (SSSR count). The van der Waals surface area contributed by atoms with Crippen molar-refractivity contribution in [2.75, 3.05) is 13.1 Å². The highest BCUT2D eigenvalue weighted by molar-refractivity contribution is 5.39. The predicted molar refractivity (Wildman–Crippen MR) is 63.4 cm³/mol. The highest BCUT2D eigenvalue weighted by Crippen LogP contribution is 2.42. The summed E-state index contributed by atoms with van der Waals surface area (Å²) in [6.45, 7) is 1.92. The molecule has 0 saturated carbocycles. The lowest BCUT2D eigenvalue weighted by atomic mass is 9.81. The van der Waals surface area contributed by atoms with Crippen LogP contribution in [0.5, 0.6) is 5.75 Å². The maximum atomic E-state index is 13.2.